The average molecular weight is 251 g/mol. The number of likely N-dealkylation sites (tertiary alicyclic amines) is 1. The number of carboxylic acids is 1. The van der Waals surface area contributed by atoms with Crippen LogP contribution in [-0.2, 0) is 18.3 Å². The van der Waals surface area contributed by atoms with Crippen LogP contribution in [0.25, 0.3) is 0 Å². The minimum Gasteiger partial charge on any atom is -0.481 e. The van der Waals surface area contributed by atoms with E-state index in [0.717, 1.165) is 38.2 Å². The molecule has 1 aliphatic heterocycles. The lowest BCUT2D eigenvalue weighted by atomic mass is 9.82. The van der Waals surface area contributed by atoms with Crippen molar-refractivity contribution in [3.63, 3.8) is 0 Å². The number of aliphatic carboxylic acids is 1. The number of hydrogen-bond acceptors (Lipinski definition) is 3. The fourth-order valence-corrected chi connectivity index (χ4v) is 2.61. The third-order valence-corrected chi connectivity index (χ3v) is 3.86. The molecule has 1 unspecified atom stereocenters. The molecule has 1 aliphatic rings. The Bertz CT molecular complexity index is 430. The van der Waals surface area contributed by atoms with Crippen LogP contribution >= 0.6 is 0 Å². The van der Waals surface area contributed by atoms with Gasteiger partial charge in [0.15, 0.2) is 0 Å². The van der Waals surface area contributed by atoms with Crippen molar-refractivity contribution in [2.24, 2.45) is 12.5 Å². The maximum absolute atomic E-state index is 11.3. The van der Waals surface area contributed by atoms with Gasteiger partial charge in [-0.25, -0.2) is 4.98 Å². The van der Waals surface area contributed by atoms with Gasteiger partial charge in [-0.1, -0.05) is 0 Å². The molecule has 1 N–H and O–H groups in total. The number of imidazole rings is 1. The van der Waals surface area contributed by atoms with E-state index in [2.05, 4.69) is 9.88 Å². The second-order valence-electron chi connectivity index (χ2n) is 5.45. The van der Waals surface area contributed by atoms with Crippen LogP contribution in [0.5, 0.6) is 0 Å². The van der Waals surface area contributed by atoms with Gasteiger partial charge >= 0.3 is 5.97 Å². The van der Waals surface area contributed by atoms with Crippen molar-refractivity contribution >= 4 is 5.97 Å². The zero-order valence-corrected chi connectivity index (χ0v) is 11.1. The summed E-state index contributed by atoms with van der Waals surface area (Å²) in [6, 6.07) is 0. The quantitative estimate of drug-likeness (QED) is 0.872. The van der Waals surface area contributed by atoms with Crippen LogP contribution in [0.4, 0.5) is 0 Å². The van der Waals surface area contributed by atoms with Crippen molar-refractivity contribution in [2.45, 2.75) is 26.2 Å². The molecule has 2 heterocycles. The van der Waals surface area contributed by atoms with E-state index in [1.54, 1.807) is 6.20 Å². The van der Waals surface area contributed by atoms with E-state index in [-0.39, 0.29) is 0 Å². The highest BCUT2D eigenvalue weighted by atomic mass is 16.4. The van der Waals surface area contributed by atoms with Crippen molar-refractivity contribution in [1.29, 1.82) is 0 Å². The highest BCUT2D eigenvalue weighted by Gasteiger charge is 2.37. The number of piperidine rings is 1. The zero-order chi connectivity index (χ0) is 13.2. The lowest BCUT2D eigenvalue weighted by molar-refractivity contribution is -0.151. The van der Waals surface area contributed by atoms with Gasteiger partial charge in [0.1, 0.15) is 5.82 Å². The fourth-order valence-electron chi connectivity index (χ4n) is 2.61. The van der Waals surface area contributed by atoms with Crippen molar-refractivity contribution in [2.75, 3.05) is 19.6 Å². The monoisotopic (exact) mass is 251 g/mol. The summed E-state index contributed by atoms with van der Waals surface area (Å²) in [6.07, 6.45) is 6.35. The van der Waals surface area contributed by atoms with Crippen LogP contribution in [-0.4, -0.2) is 45.2 Å². The molecule has 18 heavy (non-hydrogen) atoms. The molecule has 0 radical (unpaired) electrons. The molecule has 0 aromatic carbocycles. The predicted molar refractivity (Wildman–Crippen MR) is 68.3 cm³/mol. The number of carboxylic acid groups (broad SMARTS) is 1. The van der Waals surface area contributed by atoms with Gasteiger partial charge in [-0.2, -0.15) is 0 Å². The average Bonchev–Trinajstić information content (AvgIpc) is 2.72. The molecule has 0 amide bonds. The molecular formula is C13H21N3O2. The van der Waals surface area contributed by atoms with Gasteiger partial charge in [-0.15, -0.1) is 0 Å². The minimum absolute atomic E-state index is 0.583. The molecule has 0 saturated carbocycles. The van der Waals surface area contributed by atoms with Gasteiger partial charge in [0, 0.05) is 39.0 Å². The molecule has 1 fully saturated rings. The Morgan fingerprint density at radius 3 is 3.00 bits per heavy atom. The number of aryl methyl sites for hydroxylation is 1. The third kappa shape index (κ3) is 2.72. The smallest absolute Gasteiger partial charge is 0.310 e. The van der Waals surface area contributed by atoms with Crippen LogP contribution in [0, 0.1) is 5.41 Å². The molecule has 1 aromatic rings. The second-order valence-corrected chi connectivity index (χ2v) is 5.45. The molecular weight excluding hydrogens is 230 g/mol. The zero-order valence-electron chi connectivity index (χ0n) is 11.1. The van der Waals surface area contributed by atoms with E-state index in [0.29, 0.717) is 6.54 Å². The summed E-state index contributed by atoms with van der Waals surface area (Å²) < 4.78 is 2.01. The van der Waals surface area contributed by atoms with Gasteiger partial charge in [-0.05, 0) is 26.3 Å². The topological polar surface area (TPSA) is 58.4 Å². The van der Waals surface area contributed by atoms with Crippen LogP contribution in [0.1, 0.15) is 25.6 Å². The molecule has 5 nitrogen and oxygen atoms in total. The maximum Gasteiger partial charge on any atom is 0.310 e. The van der Waals surface area contributed by atoms with Gasteiger partial charge < -0.3 is 14.6 Å². The number of aromatic nitrogens is 2. The molecule has 5 heteroatoms. The standard InChI is InChI=1S/C13H21N3O2/c1-13(12(17)18)5-3-7-16(10-13)8-4-11-14-6-9-15(11)2/h6,9H,3-5,7-8,10H2,1-2H3,(H,17,18). The molecule has 1 aromatic heterocycles. The largest absolute Gasteiger partial charge is 0.481 e. The van der Waals surface area contributed by atoms with Crippen LogP contribution < -0.4 is 0 Å². The van der Waals surface area contributed by atoms with Gasteiger partial charge in [-0.3, -0.25) is 4.79 Å². The number of rotatable bonds is 4. The SMILES string of the molecule is Cn1ccnc1CCN1CCCC(C)(C(=O)O)C1. The first-order valence-corrected chi connectivity index (χ1v) is 6.43. The summed E-state index contributed by atoms with van der Waals surface area (Å²) in [5.41, 5.74) is -0.583. The van der Waals surface area contributed by atoms with Crippen molar-refractivity contribution in [3.8, 4) is 0 Å². The Balaban J connectivity index is 1.90. The lowest BCUT2D eigenvalue weighted by Crippen LogP contribution is -2.46. The lowest BCUT2D eigenvalue weighted by Gasteiger charge is -2.37. The van der Waals surface area contributed by atoms with E-state index in [1.807, 2.05) is 24.7 Å². The van der Waals surface area contributed by atoms with E-state index < -0.39 is 11.4 Å². The first-order valence-electron chi connectivity index (χ1n) is 6.43. The molecule has 2 rings (SSSR count). The Morgan fingerprint density at radius 2 is 2.39 bits per heavy atom. The van der Waals surface area contributed by atoms with E-state index in [4.69, 9.17) is 0 Å². The maximum atomic E-state index is 11.3. The molecule has 100 valence electrons. The van der Waals surface area contributed by atoms with Crippen molar-refractivity contribution < 1.29 is 9.90 Å². The first kappa shape index (κ1) is 13.1. The molecule has 1 saturated heterocycles. The summed E-state index contributed by atoms with van der Waals surface area (Å²) in [5, 5.41) is 9.27. The summed E-state index contributed by atoms with van der Waals surface area (Å²) >= 11 is 0. The van der Waals surface area contributed by atoms with Gasteiger partial charge in [0.05, 0.1) is 5.41 Å². The fraction of sp³-hybridized carbons (Fsp3) is 0.692. The van der Waals surface area contributed by atoms with Gasteiger partial charge in [0.25, 0.3) is 0 Å². The number of hydrogen-bond donors (Lipinski definition) is 1. The highest BCUT2D eigenvalue weighted by Crippen LogP contribution is 2.29. The molecule has 1 atom stereocenters. The van der Waals surface area contributed by atoms with E-state index >= 15 is 0 Å². The van der Waals surface area contributed by atoms with E-state index in [1.165, 1.54) is 0 Å². The summed E-state index contributed by atoms with van der Waals surface area (Å²) in [7, 11) is 1.99. The van der Waals surface area contributed by atoms with Crippen molar-refractivity contribution in [3.05, 3.63) is 18.2 Å². The number of carbonyl (C=O) groups is 1. The first-order chi connectivity index (χ1) is 8.51. The Kier molecular flexibility index (Phi) is 3.71. The minimum atomic E-state index is -0.677. The van der Waals surface area contributed by atoms with Crippen molar-refractivity contribution in [1.82, 2.24) is 14.5 Å². The second kappa shape index (κ2) is 5.10. The van der Waals surface area contributed by atoms with Crippen LogP contribution in [0.15, 0.2) is 12.4 Å². The highest BCUT2D eigenvalue weighted by molar-refractivity contribution is 5.74. The third-order valence-electron chi connectivity index (χ3n) is 3.86. The van der Waals surface area contributed by atoms with E-state index in [9.17, 15) is 9.90 Å². The summed E-state index contributed by atoms with van der Waals surface area (Å²) in [4.78, 5) is 17.8. The Labute approximate surface area is 107 Å². The molecule has 0 aliphatic carbocycles. The normalized spacial score (nSPS) is 25.2. The van der Waals surface area contributed by atoms with Crippen LogP contribution in [0.2, 0.25) is 0 Å². The summed E-state index contributed by atoms with van der Waals surface area (Å²) in [6.45, 7) is 4.37. The Hall–Kier alpha value is -1.36. The van der Waals surface area contributed by atoms with Gasteiger partial charge in [0.2, 0.25) is 0 Å². The Morgan fingerprint density at radius 1 is 1.61 bits per heavy atom. The molecule has 0 bridgehead atoms. The summed E-state index contributed by atoms with van der Waals surface area (Å²) in [5.74, 6) is 0.377. The van der Waals surface area contributed by atoms with Crippen LogP contribution in [0.3, 0.4) is 0 Å². The predicted octanol–water partition coefficient (Wildman–Crippen LogP) is 1.15. The number of nitrogens with zero attached hydrogens (tertiary/aromatic N) is 3. The molecule has 0 spiro atoms.